The summed E-state index contributed by atoms with van der Waals surface area (Å²) in [7, 11) is 0. The molecule has 1 rings (SSSR count). The first-order valence-corrected chi connectivity index (χ1v) is 5.49. The smallest absolute Gasteiger partial charge is 0.407 e. The average Bonchev–Trinajstić information content (AvgIpc) is 2.66. The second-order valence-electron chi connectivity index (χ2n) is 4.77. The van der Waals surface area contributed by atoms with Crippen LogP contribution in [0.15, 0.2) is 16.9 Å². The van der Waals surface area contributed by atoms with Crippen LogP contribution in [0.3, 0.4) is 0 Å². The molecule has 1 aromatic heterocycles. The Labute approximate surface area is 100 Å². The highest BCUT2D eigenvalue weighted by Crippen LogP contribution is 2.07. The molecule has 0 aliphatic heterocycles. The van der Waals surface area contributed by atoms with Crippen molar-refractivity contribution in [2.75, 3.05) is 6.54 Å². The molecule has 1 heterocycles. The number of ether oxygens (including phenoxy) is 1. The average molecular weight is 241 g/mol. The first-order chi connectivity index (χ1) is 7.90. The molecule has 0 saturated carbocycles. The minimum Gasteiger partial charge on any atom is -0.444 e. The van der Waals surface area contributed by atoms with Gasteiger partial charge in [0.05, 0.1) is 11.7 Å². The number of nitrogens with two attached hydrogens (primary N) is 1. The summed E-state index contributed by atoms with van der Waals surface area (Å²) in [6, 6.07) is 1.52. The molecule has 6 nitrogen and oxygen atoms in total. The van der Waals surface area contributed by atoms with E-state index in [4.69, 9.17) is 15.0 Å². The predicted octanol–water partition coefficient (Wildman–Crippen LogP) is 1.07. The van der Waals surface area contributed by atoms with E-state index in [-0.39, 0.29) is 6.04 Å². The van der Waals surface area contributed by atoms with Crippen molar-refractivity contribution in [3.8, 4) is 0 Å². The van der Waals surface area contributed by atoms with Crippen molar-refractivity contribution in [3.05, 3.63) is 18.0 Å². The van der Waals surface area contributed by atoms with E-state index in [9.17, 15) is 4.79 Å². The lowest BCUT2D eigenvalue weighted by Gasteiger charge is -2.22. The normalized spacial score (nSPS) is 13.2. The molecule has 0 bridgehead atoms. The van der Waals surface area contributed by atoms with Crippen LogP contribution in [0.1, 0.15) is 26.5 Å². The Bertz CT molecular complexity index is 343. The van der Waals surface area contributed by atoms with Crippen LogP contribution in [0.4, 0.5) is 4.79 Å². The molecule has 0 spiro atoms. The highest BCUT2D eigenvalue weighted by atomic mass is 16.6. The van der Waals surface area contributed by atoms with Crippen LogP contribution in [0.5, 0.6) is 0 Å². The maximum Gasteiger partial charge on any atom is 0.407 e. The van der Waals surface area contributed by atoms with Crippen LogP contribution < -0.4 is 11.1 Å². The summed E-state index contributed by atoms with van der Waals surface area (Å²) in [5.74, 6) is 0. The third-order valence-electron chi connectivity index (χ3n) is 1.95. The lowest BCUT2D eigenvalue weighted by molar-refractivity contribution is 0.0505. The van der Waals surface area contributed by atoms with Gasteiger partial charge < -0.3 is 20.3 Å². The van der Waals surface area contributed by atoms with E-state index in [1.54, 1.807) is 6.07 Å². The molecule has 1 atom stereocenters. The number of hydrogen-bond acceptors (Lipinski definition) is 5. The molecule has 1 aromatic rings. The fourth-order valence-corrected chi connectivity index (χ4v) is 1.26. The quantitative estimate of drug-likeness (QED) is 0.822. The minimum absolute atomic E-state index is 0.213. The molecule has 6 heteroatoms. The van der Waals surface area contributed by atoms with Gasteiger partial charge in [0, 0.05) is 19.0 Å². The molecule has 0 fully saturated rings. The minimum atomic E-state index is -0.517. The Kier molecular flexibility index (Phi) is 4.51. The van der Waals surface area contributed by atoms with E-state index in [1.807, 2.05) is 20.8 Å². The number of carbonyl (C=O) groups excluding carboxylic acids is 1. The molecule has 96 valence electrons. The standard InChI is InChI=1S/C11H19N3O3/c1-11(2,3)17-10(15)13-9(7-12)6-8-4-5-16-14-8/h4-5,9H,6-7,12H2,1-3H3,(H,13,15). The van der Waals surface area contributed by atoms with Gasteiger partial charge in [-0.05, 0) is 20.8 Å². The van der Waals surface area contributed by atoms with Crippen LogP contribution in [0, 0.1) is 0 Å². The van der Waals surface area contributed by atoms with E-state index in [1.165, 1.54) is 6.26 Å². The van der Waals surface area contributed by atoms with Crippen molar-refractivity contribution in [3.63, 3.8) is 0 Å². The van der Waals surface area contributed by atoms with Crippen molar-refractivity contribution in [1.29, 1.82) is 0 Å². The zero-order valence-electron chi connectivity index (χ0n) is 10.4. The zero-order valence-corrected chi connectivity index (χ0v) is 10.4. The van der Waals surface area contributed by atoms with E-state index in [0.29, 0.717) is 13.0 Å². The van der Waals surface area contributed by atoms with Crippen molar-refractivity contribution in [2.24, 2.45) is 5.73 Å². The van der Waals surface area contributed by atoms with Gasteiger partial charge in [0.1, 0.15) is 11.9 Å². The number of nitrogens with zero attached hydrogens (tertiary/aromatic N) is 1. The van der Waals surface area contributed by atoms with Crippen LogP contribution in [-0.2, 0) is 11.2 Å². The van der Waals surface area contributed by atoms with E-state index in [0.717, 1.165) is 5.69 Å². The Morgan fingerprint density at radius 1 is 1.65 bits per heavy atom. The molecule has 3 N–H and O–H groups in total. The van der Waals surface area contributed by atoms with Crippen molar-refractivity contribution >= 4 is 6.09 Å². The number of amides is 1. The SMILES string of the molecule is CC(C)(C)OC(=O)NC(CN)Cc1ccon1. The number of rotatable bonds is 4. The maximum atomic E-state index is 11.5. The Balaban J connectivity index is 2.44. The van der Waals surface area contributed by atoms with E-state index < -0.39 is 11.7 Å². The topological polar surface area (TPSA) is 90.4 Å². The van der Waals surface area contributed by atoms with Gasteiger partial charge in [-0.15, -0.1) is 0 Å². The first kappa shape index (κ1) is 13.5. The first-order valence-electron chi connectivity index (χ1n) is 5.49. The molecule has 1 amide bonds. The molecular weight excluding hydrogens is 222 g/mol. The number of nitrogens with one attached hydrogen (secondary N) is 1. The highest BCUT2D eigenvalue weighted by molar-refractivity contribution is 5.68. The molecule has 0 radical (unpaired) electrons. The molecule has 1 unspecified atom stereocenters. The molecular formula is C11H19N3O3. The largest absolute Gasteiger partial charge is 0.444 e. The lowest BCUT2D eigenvalue weighted by Crippen LogP contribution is -2.44. The van der Waals surface area contributed by atoms with Gasteiger partial charge in [-0.25, -0.2) is 4.79 Å². The van der Waals surface area contributed by atoms with Crippen LogP contribution in [0.25, 0.3) is 0 Å². The van der Waals surface area contributed by atoms with Crippen LogP contribution in [-0.4, -0.2) is 29.4 Å². The number of alkyl carbamates (subject to hydrolysis) is 1. The van der Waals surface area contributed by atoms with E-state index >= 15 is 0 Å². The summed E-state index contributed by atoms with van der Waals surface area (Å²) in [6.45, 7) is 5.73. The molecule has 0 aromatic carbocycles. The van der Waals surface area contributed by atoms with Gasteiger partial charge >= 0.3 is 6.09 Å². The fourth-order valence-electron chi connectivity index (χ4n) is 1.26. The highest BCUT2D eigenvalue weighted by Gasteiger charge is 2.19. The van der Waals surface area contributed by atoms with Crippen LogP contribution in [0.2, 0.25) is 0 Å². The second-order valence-corrected chi connectivity index (χ2v) is 4.77. The Morgan fingerprint density at radius 2 is 2.35 bits per heavy atom. The summed E-state index contributed by atoms with van der Waals surface area (Å²) in [6.07, 6.45) is 1.53. The molecule has 0 aliphatic carbocycles. The van der Waals surface area contributed by atoms with Gasteiger partial charge in [0.2, 0.25) is 0 Å². The van der Waals surface area contributed by atoms with Crippen molar-refractivity contribution in [1.82, 2.24) is 10.5 Å². The molecule has 0 saturated heterocycles. The summed E-state index contributed by atoms with van der Waals surface area (Å²) >= 11 is 0. The summed E-state index contributed by atoms with van der Waals surface area (Å²) in [4.78, 5) is 11.5. The molecule has 0 aliphatic rings. The monoisotopic (exact) mass is 241 g/mol. The Hall–Kier alpha value is -1.56. The van der Waals surface area contributed by atoms with Gasteiger partial charge in [0.15, 0.2) is 0 Å². The lowest BCUT2D eigenvalue weighted by atomic mass is 10.1. The van der Waals surface area contributed by atoms with Crippen molar-refractivity contribution < 1.29 is 14.1 Å². The van der Waals surface area contributed by atoms with Crippen molar-refractivity contribution in [2.45, 2.75) is 38.8 Å². The Morgan fingerprint density at radius 3 is 2.82 bits per heavy atom. The number of carbonyl (C=O) groups is 1. The van der Waals surface area contributed by atoms with Gasteiger partial charge in [-0.3, -0.25) is 0 Å². The fraction of sp³-hybridized carbons (Fsp3) is 0.636. The van der Waals surface area contributed by atoms with Gasteiger partial charge in [0.25, 0.3) is 0 Å². The summed E-state index contributed by atoms with van der Waals surface area (Å²) in [5, 5.41) is 6.46. The third kappa shape index (κ3) is 5.35. The van der Waals surface area contributed by atoms with E-state index in [2.05, 4.69) is 10.5 Å². The third-order valence-corrected chi connectivity index (χ3v) is 1.95. The molecule has 17 heavy (non-hydrogen) atoms. The zero-order chi connectivity index (χ0) is 12.9. The second kappa shape index (κ2) is 5.67. The number of aromatic nitrogens is 1. The summed E-state index contributed by atoms with van der Waals surface area (Å²) in [5.41, 5.74) is 5.80. The maximum absolute atomic E-state index is 11.5. The van der Waals surface area contributed by atoms with Gasteiger partial charge in [-0.1, -0.05) is 5.16 Å². The summed E-state index contributed by atoms with van der Waals surface area (Å²) < 4.78 is 9.85. The number of hydrogen-bond donors (Lipinski definition) is 2. The predicted molar refractivity (Wildman–Crippen MR) is 62.4 cm³/mol. The van der Waals surface area contributed by atoms with Gasteiger partial charge in [-0.2, -0.15) is 0 Å². The van der Waals surface area contributed by atoms with Crippen LogP contribution >= 0.6 is 0 Å².